The molecular formula is C17H25NO3. The predicted octanol–water partition coefficient (Wildman–Crippen LogP) is 3.28. The second kappa shape index (κ2) is 6.94. The molecule has 21 heavy (non-hydrogen) atoms. The van der Waals surface area contributed by atoms with Gasteiger partial charge in [-0.2, -0.15) is 0 Å². The van der Waals surface area contributed by atoms with Gasteiger partial charge in [0.2, 0.25) is 0 Å². The molecule has 1 aromatic rings. The van der Waals surface area contributed by atoms with Crippen molar-refractivity contribution in [3.05, 3.63) is 29.8 Å². The van der Waals surface area contributed by atoms with Crippen molar-refractivity contribution in [2.45, 2.75) is 33.1 Å². The molecule has 1 aliphatic rings. The third kappa shape index (κ3) is 4.21. The van der Waals surface area contributed by atoms with Crippen molar-refractivity contribution in [2.75, 3.05) is 26.2 Å². The average Bonchev–Trinajstić information content (AvgIpc) is 2.50. The number of aromatic carboxylic acids is 1. The predicted molar refractivity (Wildman–Crippen MR) is 83.0 cm³/mol. The first kappa shape index (κ1) is 15.8. The molecule has 0 saturated carbocycles. The number of hydrogen-bond donors (Lipinski definition) is 1. The third-order valence-corrected chi connectivity index (χ3v) is 4.70. The van der Waals surface area contributed by atoms with Gasteiger partial charge in [0.05, 0.1) is 0 Å². The van der Waals surface area contributed by atoms with E-state index in [0.717, 1.165) is 19.6 Å². The van der Waals surface area contributed by atoms with Crippen molar-refractivity contribution in [3.8, 4) is 5.75 Å². The topological polar surface area (TPSA) is 49.8 Å². The first-order valence-corrected chi connectivity index (χ1v) is 7.71. The molecule has 0 spiro atoms. The number of para-hydroxylation sites is 1. The monoisotopic (exact) mass is 291 g/mol. The molecule has 1 saturated heterocycles. The van der Waals surface area contributed by atoms with Gasteiger partial charge >= 0.3 is 5.97 Å². The van der Waals surface area contributed by atoms with E-state index in [2.05, 4.69) is 18.7 Å². The Morgan fingerprint density at radius 1 is 1.33 bits per heavy atom. The fraction of sp³-hybridized carbons (Fsp3) is 0.588. The highest BCUT2D eigenvalue weighted by Gasteiger charge is 2.27. The number of nitrogens with zero attached hydrogens (tertiary/aromatic N) is 1. The number of carboxylic acids is 1. The molecule has 0 bridgehead atoms. The number of hydrogen-bond acceptors (Lipinski definition) is 3. The lowest BCUT2D eigenvalue weighted by Gasteiger charge is -2.38. The Labute approximate surface area is 126 Å². The van der Waals surface area contributed by atoms with Crippen LogP contribution in [0.2, 0.25) is 0 Å². The van der Waals surface area contributed by atoms with Crippen molar-refractivity contribution < 1.29 is 14.6 Å². The molecule has 1 aromatic carbocycles. The first-order valence-electron chi connectivity index (χ1n) is 7.71. The van der Waals surface area contributed by atoms with Crippen LogP contribution in [0, 0.1) is 5.41 Å². The van der Waals surface area contributed by atoms with Crippen LogP contribution in [0.15, 0.2) is 24.3 Å². The highest BCUT2D eigenvalue weighted by molar-refractivity contribution is 5.90. The lowest BCUT2D eigenvalue weighted by Crippen LogP contribution is -2.40. The summed E-state index contributed by atoms with van der Waals surface area (Å²) in [4.78, 5) is 13.5. The number of piperidine rings is 1. The van der Waals surface area contributed by atoms with E-state index in [-0.39, 0.29) is 5.56 Å². The van der Waals surface area contributed by atoms with E-state index < -0.39 is 5.97 Å². The maximum Gasteiger partial charge on any atom is 0.339 e. The van der Waals surface area contributed by atoms with Crippen LogP contribution in [0.4, 0.5) is 0 Å². The van der Waals surface area contributed by atoms with E-state index in [4.69, 9.17) is 9.84 Å². The van der Waals surface area contributed by atoms with Gasteiger partial charge in [0.1, 0.15) is 17.9 Å². The van der Waals surface area contributed by atoms with E-state index in [1.54, 1.807) is 24.3 Å². The Hall–Kier alpha value is -1.55. The lowest BCUT2D eigenvalue weighted by atomic mass is 9.78. The van der Waals surface area contributed by atoms with Crippen LogP contribution in [0.5, 0.6) is 5.75 Å². The zero-order valence-electron chi connectivity index (χ0n) is 13.0. The number of likely N-dealkylation sites (tertiary alicyclic amines) is 1. The Bertz CT molecular complexity index is 479. The molecule has 0 radical (unpaired) electrons. The standard InChI is InChI=1S/C17H25NO3/c1-3-17(2)8-10-18(11-9-17)12-13-21-15-7-5-4-6-14(15)16(19)20/h4-7H,3,8-13H2,1-2H3,(H,19,20). The van der Waals surface area contributed by atoms with Crippen molar-refractivity contribution in [3.63, 3.8) is 0 Å². The van der Waals surface area contributed by atoms with E-state index in [1.165, 1.54) is 19.3 Å². The molecule has 1 N–H and O–H groups in total. The Morgan fingerprint density at radius 2 is 2.00 bits per heavy atom. The minimum Gasteiger partial charge on any atom is -0.491 e. The maximum absolute atomic E-state index is 11.1. The van der Waals surface area contributed by atoms with Crippen LogP contribution >= 0.6 is 0 Å². The fourth-order valence-electron chi connectivity index (χ4n) is 2.72. The molecule has 0 amide bonds. The second-order valence-electron chi connectivity index (χ2n) is 6.16. The van der Waals surface area contributed by atoms with Crippen LogP contribution < -0.4 is 4.74 Å². The van der Waals surface area contributed by atoms with Gasteiger partial charge in [-0.25, -0.2) is 4.79 Å². The van der Waals surface area contributed by atoms with Crippen LogP contribution in [0.1, 0.15) is 43.5 Å². The van der Waals surface area contributed by atoms with Gasteiger partial charge in [-0.3, -0.25) is 4.90 Å². The fourth-order valence-corrected chi connectivity index (χ4v) is 2.72. The molecule has 0 aromatic heterocycles. The highest BCUT2D eigenvalue weighted by atomic mass is 16.5. The summed E-state index contributed by atoms with van der Waals surface area (Å²) in [6.45, 7) is 8.23. The molecule has 1 aliphatic heterocycles. The Balaban J connectivity index is 1.79. The van der Waals surface area contributed by atoms with Gasteiger partial charge in [-0.15, -0.1) is 0 Å². The molecular weight excluding hydrogens is 266 g/mol. The highest BCUT2D eigenvalue weighted by Crippen LogP contribution is 2.33. The third-order valence-electron chi connectivity index (χ3n) is 4.70. The number of carbonyl (C=O) groups is 1. The van der Waals surface area contributed by atoms with E-state index in [1.807, 2.05) is 0 Å². The van der Waals surface area contributed by atoms with Crippen LogP contribution in [-0.4, -0.2) is 42.2 Å². The number of ether oxygens (including phenoxy) is 1. The van der Waals surface area contributed by atoms with Crippen molar-refractivity contribution in [2.24, 2.45) is 5.41 Å². The molecule has 1 heterocycles. The molecule has 4 nitrogen and oxygen atoms in total. The van der Waals surface area contributed by atoms with Gasteiger partial charge in [0.25, 0.3) is 0 Å². The summed E-state index contributed by atoms with van der Waals surface area (Å²) in [5.41, 5.74) is 0.725. The summed E-state index contributed by atoms with van der Waals surface area (Å²) in [7, 11) is 0. The number of carboxylic acid groups (broad SMARTS) is 1. The molecule has 116 valence electrons. The SMILES string of the molecule is CCC1(C)CCN(CCOc2ccccc2C(=O)O)CC1. The summed E-state index contributed by atoms with van der Waals surface area (Å²) in [6, 6.07) is 6.81. The summed E-state index contributed by atoms with van der Waals surface area (Å²) in [5, 5.41) is 9.11. The van der Waals surface area contributed by atoms with Crippen LogP contribution in [0.25, 0.3) is 0 Å². The minimum absolute atomic E-state index is 0.231. The van der Waals surface area contributed by atoms with E-state index >= 15 is 0 Å². The smallest absolute Gasteiger partial charge is 0.339 e. The van der Waals surface area contributed by atoms with Gasteiger partial charge in [0, 0.05) is 6.54 Å². The zero-order valence-corrected chi connectivity index (χ0v) is 13.0. The molecule has 2 rings (SSSR count). The molecule has 4 heteroatoms. The maximum atomic E-state index is 11.1. The van der Waals surface area contributed by atoms with Gasteiger partial charge in [0.15, 0.2) is 0 Å². The van der Waals surface area contributed by atoms with Crippen LogP contribution in [0.3, 0.4) is 0 Å². The van der Waals surface area contributed by atoms with Gasteiger partial charge in [-0.05, 0) is 43.5 Å². The van der Waals surface area contributed by atoms with Gasteiger partial charge < -0.3 is 9.84 Å². The summed E-state index contributed by atoms with van der Waals surface area (Å²) >= 11 is 0. The lowest BCUT2D eigenvalue weighted by molar-refractivity contribution is 0.0689. The average molecular weight is 291 g/mol. The summed E-state index contributed by atoms with van der Waals surface area (Å²) in [5.74, 6) is -0.484. The van der Waals surface area contributed by atoms with E-state index in [9.17, 15) is 4.79 Å². The summed E-state index contributed by atoms with van der Waals surface area (Å²) < 4.78 is 5.66. The molecule has 1 fully saturated rings. The van der Waals surface area contributed by atoms with Crippen molar-refractivity contribution in [1.29, 1.82) is 0 Å². The number of benzene rings is 1. The summed E-state index contributed by atoms with van der Waals surface area (Å²) in [6.07, 6.45) is 3.70. The quantitative estimate of drug-likeness (QED) is 0.874. The largest absolute Gasteiger partial charge is 0.491 e. The van der Waals surface area contributed by atoms with Gasteiger partial charge in [-0.1, -0.05) is 32.4 Å². The second-order valence-corrected chi connectivity index (χ2v) is 6.16. The normalized spacial score (nSPS) is 18.4. The Morgan fingerprint density at radius 3 is 2.62 bits per heavy atom. The Kier molecular flexibility index (Phi) is 5.23. The van der Waals surface area contributed by atoms with Crippen LogP contribution in [-0.2, 0) is 0 Å². The minimum atomic E-state index is -0.942. The van der Waals surface area contributed by atoms with Crippen molar-refractivity contribution >= 4 is 5.97 Å². The molecule has 0 unspecified atom stereocenters. The zero-order chi connectivity index (χ0) is 15.3. The van der Waals surface area contributed by atoms with Crippen molar-refractivity contribution in [1.82, 2.24) is 4.90 Å². The van der Waals surface area contributed by atoms with E-state index in [0.29, 0.717) is 17.8 Å². The first-order chi connectivity index (χ1) is 10.0. The molecule has 0 aliphatic carbocycles. The molecule has 0 atom stereocenters. The number of rotatable bonds is 6.